The molecule has 0 aromatic heterocycles. The summed E-state index contributed by atoms with van der Waals surface area (Å²) in [6.45, 7) is 4.47. The molecule has 0 spiro atoms. The first kappa shape index (κ1) is 24.3. The number of anilines is 3. The highest BCUT2D eigenvalue weighted by molar-refractivity contribution is 6.00. The molecule has 48 heavy (non-hydrogen) atoms. The minimum Gasteiger partial charge on any atom is -0.310 e. The van der Waals surface area contributed by atoms with Crippen LogP contribution in [-0.2, 0) is 5.41 Å². The highest BCUT2D eigenvalue weighted by atomic mass is 15.1. The van der Waals surface area contributed by atoms with Gasteiger partial charge in [0.25, 0.3) is 0 Å². The van der Waals surface area contributed by atoms with Crippen molar-refractivity contribution in [3.63, 3.8) is 0 Å². The van der Waals surface area contributed by atoms with Gasteiger partial charge in [-0.2, -0.15) is 0 Å². The van der Waals surface area contributed by atoms with Gasteiger partial charge in [-0.25, -0.2) is 0 Å². The Kier molecular flexibility index (Phi) is 5.62. The largest absolute Gasteiger partial charge is 0.310 e. The highest BCUT2D eigenvalue weighted by Crippen LogP contribution is 2.51. The van der Waals surface area contributed by atoms with Gasteiger partial charge < -0.3 is 4.90 Å². The molecule has 228 valence electrons. The summed E-state index contributed by atoms with van der Waals surface area (Å²) >= 11 is 0. The smallest absolute Gasteiger partial charge is 0.0645 e. The first-order chi connectivity index (χ1) is 25.2. The van der Waals surface area contributed by atoms with Gasteiger partial charge in [-0.15, -0.1) is 0 Å². The van der Waals surface area contributed by atoms with Gasteiger partial charge in [0.05, 0.1) is 11.2 Å². The highest BCUT2D eigenvalue weighted by Gasteiger charge is 2.35. The Morgan fingerprint density at radius 3 is 1.88 bits per heavy atom. The van der Waals surface area contributed by atoms with E-state index in [1.165, 1.54) is 16.7 Å². The van der Waals surface area contributed by atoms with Crippen molar-refractivity contribution in [2.45, 2.75) is 19.3 Å². The van der Waals surface area contributed by atoms with E-state index in [2.05, 4.69) is 92.7 Å². The van der Waals surface area contributed by atoms with Crippen molar-refractivity contribution in [2.24, 2.45) is 0 Å². The maximum atomic E-state index is 9.59. The first-order valence-corrected chi connectivity index (χ1v) is 16.5. The van der Waals surface area contributed by atoms with E-state index in [1.54, 1.807) is 0 Å². The standard InChI is InChI=1S/C47H35N/c1-47(2)44-22-8-7-20-42(44)43-29-28-38(31-45(43)47)48(46-23-11-15-34-13-4-6-19-41(34)46)37-26-24-32(25-27-37)35-16-9-17-36(30-35)40-21-10-14-33-12-3-5-18-39(33)40/h3-31H,1-2H3/i24D,25D,26D,27D. The molecule has 0 unspecified atom stereocenters. The fourth-order valence-electron chi connectivity index (χ4n) is 7.50. The van der Waals surface area contributed by atoms with Crippen molar-refractivity contribution >= 4 is 38.6 Å². The van der Waals surface area contributed by atoms with Crippen molar-refractivity contribution in [3.05, 3.63) is 187 Å². The number of hydrogen-bond donors (Lipinski definition) is 0. The van der Waals surface area contributed by atoms with Gasteiger partial charge in [0.15, 0.2) is 0 Å². The second kappa shape index (κ2) is 11.1. The van der Waals surface area contributed by atoms with Crippen LogP contribution in [-0.4, -0.2) is 0 Å². The molecule has 9 rings (SSSR count). The normalized spacial score (nSPS) is 14.1. The molecule has 0 N–H and O–H groups in total. The van der Waals surface area contributed by atoms with E-state index in [4.69, 9.17) is 0 Å². The van der Waals surface area contributed by atoms with Crippen LogP contribution in [0.3, 0.4) is 0 Å². The average molecular weight is 618 g/mol. The van der Waals surface area contributed by atoms with Crippen molar-refractivity contribution < 1.29 is 5.48 Å². The van der Waals surface area contributed by atoms with E-state index in [-0.39, 0.29) is 40.8 Å². The average Bonchev–Trinajstić information content (AvgIpc) is 3.41. The molecule has 0 amide bonds. The molecule has 0 radical (unpaired) electrons. The van der Waals surface area contributed by atoms with E-state index in [9.17, 15) is 5.48 Å². The third-order valence-corrected chi connectivity index (χ3v) is 9.92. The van der Waals surface area contributed by atoms with Crippen LogP contribution in [0.4, 0.5) is 17.1 Å². The molecule has 1 aliphatic rings. The zero-order valence-electron chi connectivity index (χ0n) is 30.9. The maximum Gasteiger partial charge on any atom is 0.0645 e. The molecule has 1 aliphatic carbocycles. The molecule has 1 heteroatoms. The summed E-state index contributed by atoms with van der Waals surface area (Å²) in [4.78, 5) is 1.93. The van der Waals surface area contributed by atoms with E-state index >= 15 is 0 Å². The fraction of sp³-hybridized carbons (Fsp3) is 0.0638. The van der Waals surface area contributed by atoms with Crippen LogP contribution in [0.25, 0.3) is 54.9 Å². The minimum atomic E-state index is -0.264. The van der Waals surface area contributed by atoms with E-state index in [0.717, 1.165) is 49.6 Å². The fourth-order valence-corrected chi connectivity index (χ4v) is 7.50. The van der Waals surface area contributed by atoms with Gasteiger partial charge in [0, 0.05) is 22.2 Å². The molecule has 8 aromatic rings. The number of nitrogens with zero attached hydrogens (tertiary/aromatic N) is 1. The van der Waals surface area contributed by atoms with Gasteiger partial charge in [0.2, 0.25) is 0 Å². The van der Waals surface area contributed by atoms with Crippen molar-refractivity contribution in [1.82, 2.24) is 0 Å². The number of hydrogen-bond acceptors (Lipinski definition) is 1. The predicted octanol–water partition coefficient (Wildman–Crippen LogP) is 13.1. The van der Waals surface area contributed by atoms with Crippen LogP contribution in [0.5, 0.6) is 0 Å². The molecule has 0 aliphatic heterocycles. The Labute approximate surface area is 288 Å². The molecule has 1 nitrogen and oxygen atoms in total. The van der Waals surface area contributed by atoms with Gasteiger partial charge in [-0.1, -0.05) is 153 Å². The molecular weight excluding hydrogens is 579 g/mol. The summed E-state index contributed by atoms with van der Waals surface area (Å²) in [5.41, 5.74) is 9.26. The molecule has 0 saturated carbocycles. The van der Waals surface area contributed by atoms with Crippen molar-refractivity contribution in [3.8, 4) is 33.4 Å². The zero-order valence-corrected chi connectivity index (χ0v) is 26.9. The molecule has 0 bridgehead atoms. The van der Waals surface area contributed by atoms with Gasteiger partial charge >= 0.3 is 0 Å². The van der Waals surface area contributed by atoms with Crippen LogP contribution < -0.4 is 4.90 Å². The van der Waals surface area contributed by atoms with Crippen LogP contribution in [0, 0.1) is 0 Å². The predicted molar refractivity (Wildman–Crippen MR) is 205 cm³/mol. The molecular formula is C47H35N. The number of fused-ring (bicyclic) bond motifs is 5. The molecule has 8 aromatic carbocycles. The summed E-state index contributed by atoms with van der Waals surface area (Å²) in [5, 5.41) is 4.22. The third kappa shape index (κ3) is 4.54. The second-order valence-electron chi connectivity index (χ2n) is 13.1. The monoisotopic (exact) mass is 617 g/mol. The maximum absolute atomic E-state index is 9.59. The molecule has 0 heterocycles. The summed E-state index contributed by atoms with van der Waals surface area (Å²) in [7, 11) is 0. The topological polar surface area (TPSA) is 3.24 Å². The lowest BCUT2D eigenvalue weighted by atomic mass is 9.82. The van der Waals surface area contributed by atoms with Gasteiger partial charge in [-0.05, 0) is 97.0 Å². The summed E-state index contributed by atoms with van der Waals surface area (Å²) in [6.07, 6.45) is 0. The minimum absolute atomic E-state index is 0.0785. The lowest BCUT2D eigenvalue weighted by Crippen LogP contribution is -2.16. The first-order valence-electron chi connectivity index (χ1n) is 18.5. The second-order valence-corrected chi connectivity index (χ2v) is 13.1. The van der Waals surface area contributed by atoms with E-state index in [1.807, 2.05) is 77.7 Å². The van der Waals surface area contributed by atoms with E-state index < -0.39 is 0 Å². The molecule has 0 atom stereocenters. The Balaban J connectivity index is 1.26. The Morgan fingerprint density at radius 2 is 1.04 bits per heavy atom. The quantitative estimate of drug-likeness (QED) is 0.186. The Hall–Kier alpha value is -5.92. The summed E-state index contributed by atoms with van der Waals surface area (Å²) < 4.78 is 38.1. The van der Waals surface area contributed by atoms with Crippen LogP contribution in [0.2, 0.25) is 0 Å². The van der Waals surface area contributed by atoms with E-state index in [0.29, 0.717) is 5.56 Å². The van der Waals surface area contributed by atoms with Gasteiger partial charge in [-0.3, -0.25) is 0 Å². The Morgan fingerprint density at radius 1 is 0.438 bits per heavy atom. The SMILES string of the molecule is [2H]c1c([2H])c(N(c2ccc3c(c2)C(C)(C)c2ccccc2-3)c2cccc3ccccc23)c([2H])c([2H])c1-c1cccc(-c2cccc3ccccc23)c1. The summed E-state index contributed by atoms with van der Waals surface area (Å²) in [6, 6.07) is 50.9. The number of benzene rings is 8. The summed E-state index contributed by atoms with van der Waals surface area (Å²) in [5.74, 6) is 0. The van der Waals surface area contributed by atoms with Crippen LogP contribution >= 0.6 is 0 Å². The third-order valence-electron chi connectivity index (χ3n) is 9.92. The van der Waals surface area contributed by atoms with Crippen LogP contribution in [0.1, 0.15) is 30.5 Å². The zero-order chi connectivity index (χ0) is 35.7. The number of rotatable bonds is 5. The molecule has 0 fully saturated rings. The lowest BCUT2D eigenvalue weighted by molar-refractivity contribution is 0.660. The van der Waals surface area contributed by atoms with Crippen molar-refractivity contribution in [2.75, 3.05) is 4.90 Å². The van der Waals surface area contributed by atoms with Gasteiger partial charge in [0.1, 0.15) is 0 Å². The van der Waals surface area contributed by atoms with Crippen molar-refractivity contribution in [1.29, 1.82) is 0 Å². The molecule has 0 saturated heterocycles. The Bertz CT molecular complexity index is 2690. The lowest BCUT2D eigenvalue weighted by Gasteiger charge is -2.29. The van der Waals surface area contributed by atoms with Crippen LogP contribution in [0.15, 0.2) is 176 Å².